The van der Waals surface area contributed by atoms with Crippen LogP contribution in [0, 0.1) is 6.92 Å². The molecule has 90 valence electrons. The minimum atomic E-state index is -4.47. The number of nitrogens with zero attached hydrogens (tertiary/aromatic N) is 2. The molecule has 0 aliphatic rings. The second-order valence-electron chi connectivity index (χ2n) is 3.28. The van der Waals surface area contributed by atoms with Gasteiger partial charge in [-0.3, -0.25) is 9.48 Å². The van der Waals surface area contributed by atoms with E-state index < -0.39 is 11.9 Å². The molecule has 0 unspecified atom stereocenters. The van der Waals surface area contributed by atoms with Crippen molar-refractivity contribution in [3.05, 3.63) is 17.5 Å². The highest BCUT2D eigenvalue weighted by Gasteiger charge is 2.34. The van der Waals surface area contributed by atoms with Crippen molar-refractivity contribution in [3.8, 4) is 0 Å². The summed E-state index contributed by atoms with van der Waals surface area (Å²) in [5, 5.41) is 5.82. The van der Waals surface area contributed by atoms with Gasteiger partial charge in [-0.1, -0.05) is 0 Å². The quantitative estimate of drug-likeness (QED) is 0.859. The summed E-state index contributed by atoms with van der Waals surface area (Å²) >= 11 is 0. The number of hydrogen-bond acceptors (Lipinski definition) is 2. The fourth-order valence-corrected chi connectivity index (χ4v) is 1.20. The lowest BCUT2D eigenvalue weighted by molar-refractivity contribution is -0.141. The lowest BCUT2D eigenvalue weighted by Gasteiger charge is -2.04. The summed E-state index contributed by atoms with van der Waals surface area (Å²) in [5.74, 6) is -0.359. The molecule has 0 spiro atoms. The Morgan fingerprint density at radius 3 is 2.62 bits per heavy atom. The maximum absolute atomic E-state index is 12.3. The molecular weight excluding hydrogens is 223 g/mol. The van der Waals surface area contributed by atoms with Crippen LogP contribution >= 0.6 is 0 Å². The summed E-state index contributed by atoms with van der Waals surface area (Å²) in [6.07, 6.45) is -4.47. The standard InChI is InChI=1S/C9H12F3N3O/c1-3-13-8(16)5-15-6(2)4-7(14-15)9(10,11)12/h4H,3,5H2,1-2H3,(H,13,16). The summed E-state index contributed by atoms with van der Waals surface area (Å²) in [5.41, 5.74) is -0.673. The van der Waals surface area contributed by atoms with E-state index in [1.54, 1.807) is 6.92 Å². The highest BCUT2D eigenvalue weighted by molar-refractivity contribution is 5.75. The monoisotopic (exact) mass is 235 g/mol. The molecule has 0 saturated heterocycles. The maximum atomic E-state index is 12.3. The molecule has 0 aliphatic heterocycles. The van der Waals surface area contributed by atoms with E-state index in [1.807, 2.05) is 0 Å². The van der Waals surface area contributed by atoms with Crippen molar-refractivity contribution < 1.29 is 18.0 Å². The van der Waals surface area contributed by atoms with Gasteiger partial charge in [-0.25, -0.2) is 0 Å². The van der Waals surface area contributed by atoms with Gasteiger partial charge in [-0.2, -0.15) is 18.3 Å². The van der Waals surface area contributed by atoms with Crippen molar-refractivity contribution in [1.29, 1.82) is 0 Å². The van der Waals surface area contributed by atoms with Crippen LogP contribution in [0.25, 0.3) is 0 Å². The number of rotatable bonds is 3. The van der Waals surface area contributed by atoms with Crippen LogP contribution in [0.15, 0.2) is 6.07 Å². The molecule has 7 heteroatoms. The van der Waals surface area contributed by atoms with Gasteiger partial charge in [0.15, 0.2) is 5.69 Å². The van der Waals surface area contributed by atoms with Gasteiger partial charge in [0.25, 0.3) is 0 Å². The van der Waals surface area contributed by atoms with E-state index in [9.17, 15) is 18.0 Å². The SMILES string of the molecule is CCNC(=O)Cn1nc(C(F)(F)F)cc1C. The van der Waals surface area contributed by atoms with Gasteiger partial charge < -0.3 is 5.32 Å². The predicted octanol–water partition coefficient (Wildman–Crippen LogP) is 1.35. The zero-order chi connectivity index (χ0) is 12.3. The molecule has 16 heavy (non-hydrogen) atoms. The number of aromatic nitrogens is 2. The molecule has 1 rings (SSSR count). The minimum absolute atomic E-state index is 0.199. The Morgan fingerprint density at radius 2 is 2.19 bits per heavy atom. The van der Waals surface area contributed by atoms with Crippen molar-refractivity contribution in [2.24, 2.45) is 0 Å². The largest absolute Gasteiger partial charge is 0.435 e. The van der Waals surface area contributed by atoms with Crippen molar-refractivity contribution >= 4 is 5.91 Å². The number of carbonyl (C=O) groups excluding carboxylic acids is 1. The molecular formula is C9H12F3N3O. The van der Waals surface area contributed by atoms with Crippen molar-refractivity contribution in [2.75, 3.05) is 6.54 Å². The van der Waals surface area contributed by atoms with Crippen LogP contribution in [0.3, 0.4) is 0 Å². The molecule has 0 fully saturated rings. The summed E-state index contributed by atoms with van der Waals surface area (Å²) in [7, 11) is 0. The van der Waals surface area contributed by atoms with Gasteiger partial charge in [0, 0.05) is 12.2 Å². The third kappa shape index (κ3) is 2.98. The smallest absolute Gasteiger partial charge is 0.355 e. The normalized spacial score (nSPS) is 11.6. The average Bonchev–Trinajstić information content (AvgIpc) is 2.47. The van der Waals surface area contributed by atoms with E-state index in [0.29, 0.717) is 12.2 Å². The zero-order valence-corrected chi connectivity index (χ0v) is 8.93. The maximum Gasteiger partial charge on any atom is 0.435 e. The molecule has 1 aromatic heterocycles. The number of amides is 1. The van der Waals surface area contributed by atoms with Gasteiger partial charge in [-0.15, -0.1) is 0 Å². The first-order valence-corrected chi connectivity index (χ1v) is 4.73. The molecule has 0 aliphatic carbocycles. The van der Waals surface area contributed by atoms with E-state index in [4.69, 9.17) is 0 Å². The number of hydrogen-bond donors (Lipinski definition) is 1. The van der Waals surface area contributed by atoms with E-state index in [2.05, 4.69) is 10.4 Å². The van der Waals surface area contributed by atoms with Gasteiger partial charge in [0.05, 0.1) is 0 Å². The Balaban J connectivity index is 2.82. The van der Waals surface area contributed by atoms with Crippen molar-refractivity contribution in [2.45, 2.75) is 26.6 Å². The summed E-state index contributed by atoms with van der Waals surface area (Å²) < 4.78 is 37.9. The molecule has 0 atom stereocenters. The lowest BCUT2D eigenvalue weighted by atomic mass is 10.3. The van der Waals surface area contributed by atoms with Crippen LogP contribution in [0.1, 0.15) is 18.3 Å². The number of likely N-dealkylation sites (N-methyl/N-ethyl adjacent to an activating group) is 1. The zero-order valence-electron chi connectivity index (χ0n) is 8.93. The highest BCUT2D eigenvalue weighted by Crippen LogP contribution is 2.28. The van der Waals surface area contributed by atoms with Gasteiger partial charge in [-0.05, 0) is 19.9 Å². The van der Waals surface area contributed by atoms with Gasteiger partial charge >= 0.3 is 6.18 Å². The van der Waals surface area contributed by atoms with E-state index in [-0.39, 0.29) is 12.5 Å². The molecule has 1 N–H and O–H groups in total. The van der Waals surface area contributed by atoms with Crippen LogP contribution in [-0.2, 0) is 17.5 Å². The molecule has 0 aromatic carbocycles. The van der Waals surface area contributed by atoms with Crippen LogP contribution in [0.2, 0.25) is 0 Å². The second kappa shape index (κ2) is 4.54. The van der Waals surface area contributed by atoms with Crippen LogP contribution in [0.5, 0.6) is 0 Å². The second-order valence-corrected chi connectivity index (χ2v) is 3.28. The molecule has 1 amide bonds. The predicted molar refractivity (Wildman–Crippen MR) is 50.6 cm³/mol. The molecule has 4 nitrogen and oxygen atoms in total. The Morgan fingerprint density at radius 1 is 1.56 bits per heavy atom. The van der Waals surface area contributed by atoms with E-state index >= 15 is 0 Å². The van der Waals surface area contributed by atoms with Crippen LogP contribution < -0.4 is 5.32 Å². The van der Waals surface area contributed by atoms with Crippen LogP contribution in [-0.4, -0.2) is 22.2 Å². The van der Waals surface area contributed by atoms with E-state index in [1.165, 1.54) is 6.92 Å². The number of carbonyl (C=O) groups is 1. The number of aryl methyl sites for hydroxylation is 1. The molecule has 0 radical (unpaired) electrons. The molecule has 1 heterocycles. The van der Waals surface area contributed by atoms with E-state index in [0.717, 1.165) is 10.7 Å². The summed E-state index contributed by atoms with van der Waals surface area (Å²) in [6.45, 7) is 3.44. The number of halogens is 3. The minimum Gasteiger partial charge on any atom is -0.355 e. The number of alkyl halides is 3. The lowest BCUT2D eigenvalue weighted by Crippen LogP contribution is -2.28. The summed E-state index contributed by atoms with van der Waals surface area (Å²) in [6, 6.07) is 0.916. The average molecular weight is 235 g/mol. The van der Waals surface area contributed by atoms with Crippen molar-refractivity contribution in [3.63, 3.8) is 0 Å². The first kappa shape index (κ1) is 12.5. The Hall–Kier alpha value is -1.53. The molecule has 0 bridgehead atoms. The topological polar surface area (TPSA) is 46.9 Å². The Bertz CT molecular complexity index is 384. The molecule has 1 aromatic rings. The third-order valence-corrected chi connectivity index (χ3v) is 1.94. The molecule has 0 saturated carbocycles. The van der Waals surface area contributed by atoms with Crippen LogP contribution in [0.4, 0.5) is 13.2 Å². The fraction of sp³-hybridized carbons (Fsp3) is 0.556. The first-order chi connectivity index (χ1) is 7.34. The van der Waals surface area contributed by atoms with Gasteiger partial charge in [0.1, 0.15) is 6.54 Å². The number of nitrogens with one attached hydrogen (secondary N) is 1. The van der Waals surface area contributed by atoms with Crippen molar-refractivity contribution in [1.82, 2.24) is 15.1 Å². The Labute approximate surface area is 90.4 Å². The Kier molecular flexibility index (Phi) is 3.56. The third-order valence-electron chi connectivity index (χ3n) is 1.94. The summed E-state index contributed by atoms with van der Waals surface area (Å²) in [4.78, 5) is 11.2. The fourth-order valence-electron chi connectivity index (χ4n) is 1.20. The first-order valence-electron chi connectivity index (χ1n) is 4.73. The highest BCUT2D eigenvalue weighted by atomic mass is 19.4. The van der Waals surface area contributed by atoms with Gasteiger partial charge in [0.2, 0.25) is 5.91 Å².